The Bertz CT molecular complexity index is 440. The molecule has 0 aromatic heterocycles. The van der Waals surface area contributed by atoms with Gasteiger partial charge >= 0.3 is 0 Å². The minimum absolute atomic E-state index is 0.471. The van der Waals surface area contributed by atoms with Gasteiger partial charge in [0.1, 0.15) is 16.5 Å². The molecule has 1 aliphatic heterocycles. The summed E-state index contributed by atoms with van der Waals surface area (Å²) in [5.41, 5.74) is 1.82. The normalized spacial score (nSPS) is 14.1. The first-order valence-electron chi connectivity index (χ1n) is 4.94. The summed E-state index contributed by atoms with van der Waals surface area (Å²) in [6, 6.07) is 1.75. The van der Waals surface area contributed by atoms with E-state index in [1.807, 2.05) is 0 Å². The van der Waals surface area contributed by atoms with E-state index in [-0.39, 0.29) is 0 Å². The van der Waals surface area contributed by atoms with Gasteiger partial charge in [-0.05, 0) is 5.57 Å². The minimum Gasteiger partial charge on any atom is -0.496 e. The monoisotopic (exact) mass is 240 g/mol. The fourth-order valence-electron chi connectivity index (χ4n) is 1.77. The van der Waals surface area contributed by atoms with Gasteiger partial charge < -0.3 is 14.2 Å². The zero-order valence-electron chi connectivity index (χ0n) is 9.30. The number of benzene rings is 1. The lowest BCUT2D eigenvalue weighted by Crippen LogP contribution is -2.09. The van der Waals surface area contributed by atoms with Gasteiger partial charge in [-0.3, -0.25) is 0 Å². The molecular weight excluding hydrogens is 228 g/mol. The smallest absolute Gasteiger partial charge is 0.152 e. The highest BCUT2D eigenvalue weighted by molar-refractivity contribution is 6.34. The lowest BCUT2D eigenvalue weighted by atomic mass is 10.00. The standard InChI is InChI=1S/C12H13ClO3/c1-7-4-5-16-12-10(7)8(14-2)6-9(15-3)11(12)13/h6H,1,4-5H2,2-3H3. The predicted octanol–water partition coefficient (Wildman–Crippen LogP) is 3.15. The van der Waals surface area contributed by atoms with Crippen LogP contribution in [0.4, 0.5) is 0 Å². The maximum absolute atomic E-state index is 6.17. The molecule has 1 aromatic carbocycles. The van der Waals surface area contributed by atoms with Crippen molar-refractivity contribution >= 4 is 17.2 Å². The summed E-state index contributed by atoms with van der Waals surface area (Å²) in [5.74, 6) is 1.84. The van der Waals surface area contributed by atoms with Gasteiger partial charge in [-0.15, -0.1) is 0 Å². The lowest BCUT2D eigenvalue weighted by molar-refractivity contribution is 0.308. The van der Waals surface area contributed by atoms with Crippen LogP contribution in [0.2, 0.25) is 5.02 Å². The van der Waals surface area contributed by atoms with E-state index in [4.69, 9.17) is 25.8 Å². The van der Waals surface area contributed by atoms with Crippen molar-refractivity contribution in [3.8, 4) is 17.2 Å². The Morgan fingerprint density at radius 2 is 2.00 bits per heavy atom. The van der Waals surface area contributed by atoms with Crippen LogP contribution in [-0.2, 0) is 0 Å². The number of methoxy groups -OCH3 is 2. The Hall–Kier alpha value is -1.35. The lowest BCUT2D eigenvalue weighted by Gasteiger charge is -2.23. The van der Waals surface area contributed by atoms with Crippen LogP contribution in [0.5, 0.6) is 17.2 Å². The van der Waals surface area contributed by atoms with Crippen LogP contribution in [0.25, 0.3) is 5.57 Å². The van der Waals surface area contributed by atoms with Crippen LogP contribution in [0, 0.1) is 0 Å². The van der Waals surface area contributed by atoms with Crippen molar-refractivity contribution in [3.63, 3.8) is 0 Å². The molecule has 0 spiro atoms. The van der Waals surface area contributed by atoms with Crippen molar-refractivity contribution in [2.75, 3.05) is 20.8 Å². The fraction of sp³-hybridized carbons (Fsp3) is 0.333. The van der Waals surface area contributed by atoms with E-state index in [0.717, 1.165) is 17.6 Å². The Balaban J connectivity index is 2.68. The number of rotatable bonds is 2. The summed E-state index contributed by atoms with van der Waals surface area (Å²) in [4.78, 5) is 0. The molecule has 0 radical (unpaired) electrons. The van der Waals surface area contributed by atoms with Crippen LogP contribution in [0.1, 0.15) is 12.0 Å². The molecule has 86 valence electrons. The highest BCUT2D eigenvalue weighted by atomic mass is 35.5. The average Bonchev–Trinajstić information content (AvgIpc) is 2.30. The molecule has 1 aromatic rings. The molecule has 0 saturated heterocycles. The van der Waals surface area contributed by atoms with Gasteiger partial charge in [0.05, 0.1) is 26.4 Å². The van der Waals surface area contributed by atoms with Gasteiger partial charge in [0.25, 0.3) is 0 Å². The van der Waals surface area contributed by atoms with Crippen molar-refractivity contribution in [1.82, 2.24) is 0 Å². The van der Waals surface area contributed by atoms with E-state index in [9.17, 15) is 0 Å². The van der Waals surface area contributed by atoms with E-state index < -0.39 is 0 Å². The molecule has 1 heterocycles. The number of hydrogen-bond donors (Lipinski definition) is 0. The number of hydrogen-bond acceptors (Lipinski definition) is 3. The first kappa shape index (κ1) is 11.1. The van der Waals surface area contributed by atoms with Gasteiger partial charge in [0.2, 0.25) is 0 Å². The second-order valence-electron chi connectivity index (χ2n) is 3.50. The van der Waals surface area contributed by atoms with Crippen molar-refractivity contribution < 1.29 is 14.2 Å². The van der Waals surface area contributed by atoms with Crippen LogP contribution < -0.4 is 14.2 Å². The second-order valence-corrected chi connectivity index (χ2v) is 3.88. The zero-order valence-corrected chi connectivity index (χ0v) is 10.1. The summed E-state index contributed by atoms with van der Waals surface area (Å²) in [5, 5.41) is 0.471. The van der Waals surface area contributed by atoms with Crippen molar-refractivity contribution in [1.29, 1.82) is 0 Å². The summed E-state index contributed by atoms with van der Waals surface area (Å²) < 4.78 is 16.0. The van der Waals surface area contributed by atoms with Crippen molar-refractivity contribution in [2.24, 2.45) is 0 Å². The van der Waals surface area contributed by atoms with Crippen LogP contribution in [0.3, 0.4) is 0 Å². The maximum Gasteiger partial charge on any atom is 0.152 e. The van der Waals surface area contributed by atoms with Crippen molar-refractivity contribution in [2.45, 2.75) is 6.42 Å². The van der Waals surface area contributed by atoms with Gasteiger partial charge in [0, 0.05) is 12.5 Å². The summed E-state index contributed by atoms with van der Waals surface area (Å²) >= 11 is 6.17. The third-order valence-electron chi connectivity index (χ3n) is 2.59. The SMILES string of the molecule is C=C1CCOc2c(Cl)c(OC)cc(OC)c21. The molecule has 0 amide bonds. The highest BCUT2D eigenvalue weighted by Crippen LogP contribution is 2.47. The van der Waals surface area contributed by atoms with Crippen molar-refractivity contribution in [3.05, 3.63) is 23.2 Å². The van der Waals surface area contributed by atoms with Gasteiger partial charge in [0.15, 0.2) is 5.75 Å². The molecule has 0 aliphatic carbocycles. The summed E-state index contributed by atoms with van der Waals surface area (Å²) in [6.45, 7) is 4.59. The van der Waals surface area contributed by atoms with Gasteiger partial charge in [-0.25, -0.2) is 0 Å². The van der Waals surface area contributed by atoms with Crippen LogP contribution in [0.15, 0.2) is 12.6 Å². The third-order valence-corrected chi connectivity index (χ3v) is 2.95. The summed E-state index contributed by atoms with van der Waals surface area (Å²) in [7, 11) is 3.16. The minimum atomic E-state index is 0.471. The summed E-state index contributed by atoms with van der Waals surface area (Å²) in [6.07, 6.45) is 0.784. The van der Waals surface area contributed by atoms with E-state index >= 15 is 0 Å². The quantitative estimate of drug-likeness (QED) is 0.795. The second kappa shape index (κ2) is 4.26. The molecule has 0 unspecified atom stereocenters. The van der Waals surface area contributed by atoms with Crippen LogP contribution >= 0.6 is 11.6 Å². The molecule has 0 fully saturated rings. The topological polar surface area (TPSA) is 27.7 Å². The molecule has 4 heteroatoms. The van der Waals surface area contributed by atoms with Gasteiger partial charge in [-0.1, -0.05) is 18.2 Å². The maximum atomic E-state index is 6.17. The van der Waals surface area contributed by atoms with E-state index in [1.165, 1.54) is 0 Å². The molecule has 0 atom stereocenters. The van der Waals surface area contributed by atoms with Crippen LogP contribution in [-0.4, -0.2) is 20.8 Å². The Morgan fingerprint density at radius 3 is 2.62 bits per heavy atom. The highest BCUT2D eigenvalue weighted by Gasteiger charge is 2.24. The Kier molecular flexibility index (Phi) is 2.97. The van der Waals surface area contributed by atoms with Gasteiger partial charge in [-0.2, -0.15) is 0 Å². The molecule has 2 rings (SSSR count). The first-order chi connectivity index (χ1) is 7.69. The third kappa shape index (κ3) is 1.61. The van der Waals surface area contributed by atoms with E-state index in [1.54, 1.807) is 20.3 Å². The fourth-order valence-corrected chi connectivity index (χ4v) is 2.05. The average molecular weight is 241 g/mol. The molecule has 0 bridgehead atoms. The number of ether oxygens (including phenoxy) is 3. The number of halogens is 1. The molecule has 16 heavy (non-hydrogen) atoms. The number of fused-ring (bicyclic) bond motifs is 1. The van der Waals surface area contributed by atoms with E-state index in [0.29, 0.717) is 28.9 Å². The Labute approximate surface area is 99.6 Å². The predicted molar refractivity (Wildman–Crippen MR) is 63.7 cm³/mol. The first-order valence-corrected chi connectivity index (χ1v) is 5.32. The largest absolute Gasteiger partial charge is 0.496 e. The molecule has 0 saturated carbocycles. The molecule has 1 aliphatic rings. The molecular formula is C12H13ClO3. The zero-order chi connectivity index (χ0) is 11.7. The molecule has 3 nitrogen and oxygen atoms in total. The van der Waals surface area contributed by atoms with E-state index in [2.05, 4.69) is 6.58 Å². The molecule has 0 N–H and O–H groups in total. The Morgan fingerprint density at radius 1 is 1.31 bits per heavy atom.